The molecule has 0 fully saturated rings. The maximum absolute atomic E-state index is 4.02. The summed E-state index contributed by atoms with van der Waals surface area (Å²) >= 11 is 1.68. The Kier molecular flexibility index (Phi) is 3.74. The third-order valence-corrected chi connectivity index (χ3v) is 2.27. The molecule has 0 aliphatic heterocycles. The molecule has 0 atom stereocenters. The Bertz CT molecular complexity index is 227. The maximum Gasteiger partial charge on any atom is 0.183 e. The molecule has 0 bridgehead atoms. The molecule has 1 rings (SSSR count). The van der Waals surface area contributed by atoms with Crippen molar-refractivity contribution in [1.29, 1.82) is 0 Å². The fourth-order valence-electron chi connectivity index (χ4n) is 0.838. The van der Waals surface area contributed by atoms with Crippen LogP contribution in [0.5, 0.6) is 0 Å². The molecule has 0 aromatic carbocycles. The number of hydrogen-bond donors (Lipinski definition) is 2. The summed E-state index contributed by atoms with van der Waals surface area (Å²) in [6.07, 6.45) is 1.53. The fourth-order valence-corrected chi connectivity index (χ4v) is 1.47. The van der Waals surface area contributed by atoms with Crippen molar-refractivity contribution in [3.05, 3.63) is 6.33 Å². The van der Waals surface area contributed by atoms with Gasteiger partial charge < -0.3 is 5.32 Å². The van der Waals surface area contributed by atoms with Crippen molar-refractivity contribution < 1.29 is 0 Å². The molecule has 4 nitrogen and oxygen atoms in total. The summed E-state index contributed by atoms with van der Waals surface area (Å²) in [6, 6.07) is 0. The van der Waals surface area contributed by atoms with Gasteiger partial charge in [0.25, 0.3) is 0 Å². The highest BCUT2D eigenvalue weighted by atomic mass is 32.2. The van der Waals surface area contributed by atoms with Crippen molar-refractivity contribution >= 4 is 11.8 Å². The van der Waals surface area contributed by atoms with E-state index in [4.69, 9.17) is 0 Å². The summed E-state index contributed by atoms with van der Waals surface area (Å²) in [6.45, 7) is 7.46. The zero-order valence-electron chi connectivity index (χ0n) is 8.29. The maximum atomic E-state index is 4.02. The van der Waals surface area contributed by atoms with E-state index < -0.39 is 0 Å². The second kappa shape index (κ2) is 4.62. The van der Waals surface area contributed by atoms with Gasteiger partial charge in [0.1, 0.15) is 6.33 Å². The van der Waals surface area contributed by atoms with Gasteiger partial charge in [-0.1, -0.05) is 11.8 Å². The van der Waals surface area contributed by atoms with E-state index in [2.05, 4.69) is 41.3 Å². The number of nitrogens with zero attached hydrogens (tertiary/aromatic N) is 2. The van der Waals surface area contributed by atoms with Gasteiger partial charge in [-0.3, -0.25) is 5.10 Å². The molecule has 0 unspecified atom stereocenters. The van der Waals surface area contributed by atoms with Gasteiger partial charge in [0.05, 0.1) is 0 Å². The number of aromatic amines is 1. The van der Waals surface area contributed by atoms with Gasteiger partial charge in [-0.05, 0) is 20.8 Å². The van der Waals surface area contributed by atoms with Gasteiger partial charge in [-0.2, -0.15) is 5.10 Å². The van der Waals surface area contributed by atoms with E-state index in [-0.39, 0.29) is 5.54 Å². The number of thioether (sulfide) groups is 1. The molecular weight excluding hydrogens is 184 g/mol. The van der Waals surface area contributed by atoms with Crippen LogP contribution in [0.25, 0.3) is 0 Å². The molecule has 1 aromatic rings. The molecule has 1 aromatic heterocycles. The minimum absolute atomic E-state index is 0.196. The van der Waals surface area contributed by atoms with Gasteiger partial charge >= 0.3 is 0 Å². The Hall–Kier alpha value is -0.550. The molecule has 2 N–H and O–H groups in total. The quantitative estimate of drug-likeness (QED) is 0.568. The second-order valence-corrected chi connectivity index (χ2v) is 4.90. The molecule has 0 amide bonds. The number of nitrogens with one attached hydrogen (secondary N) is 2. The van der Waals surface area contributed by atoms with E-state index in [9.17, 15) is 0 Å². The normalized spacial score (nSPS) is 11.9. The van der Waals surface area contributed by atoms with Crippen LogP contribution in [0.1, 0.15) is 20.8 Å². The average molecular weight is 200 g/mol. The first-order chi connectivity index (χ1) is 6.08. The Morgan fingerprint density at radius 2 is 2.31 bits per heavy atom. The average Bonchev–Trinajstić information content (AvgIpc) is 2.48. The standard InChI is InChI=1S/C8H16N4S/c1-8(2,3)10-4-5-13-7-9-6-11-12-7/h6,10H,4-5H2,1-3H3,(H,9,11,12). The molecular formula is C8H16N4S. The lowest BCUT2D eigenvalue weighted by Crippen LogP contribution is -2.37. The van der Waals surface area contributed by atoms with Crippen LogP contribution in [0.2, 0.25) is 0 Å². The molecule has 13 heavy (non-hydrogen) atoms. The van der Waals surface area contributed by atoms with Crippen molar-refractivity contribution in [3.63, 3.8) is 0 Å². The van der Waals surface area contributed by atoms with E-state index in [1.54, 1.807) is 11.8 Å². The van der Waals surface area contributed by atoms with Crippen molar-refractivity contribution in [3.8, 4) is 0 Å². The minimum Gasteiger partial charge on any atom is -0.311 e. The Balaban J connectivity index is 2.09. The largest absolute Gasteiger partial charge is 0.311 e. The highest BCUT2D eigenvalue weighted by Crippen LogP contribution is 2.09. The van der Waals surface area contributed by atoms with E-state index >= 15 is 0 Å². The molecule has 0 spiro atoms. The zero-order valence-corrected chi connectivity index (χ0v) is 9.11. The fraction of sp³-hybridized carbons (Fsp3) is 0.750. The first kappa shape index (κ1) is 10.5. The Labute approximate surface area is 82.9 Å². The van der Waals surface area contributed by atoms with Gasteiger partial charge in [-0.25, -0.2) is 4.98 Å². The summed E-state index contributed by atoms with van der Waals surface area (Å²) < 4.78 is 0. The number of aromatic nitrogens is 3. The van der Waals surface area contributed by atoms with Crippen LogP contribution in [0, 0.1) is 0 Å². The molecule has 0 saturated heterocycles. The van der Waals surface area contributed by atoms with Crippen LogP contribution in [0.3, 0.4) is 0 Å². The highest BCUT2D eigenvalue weighted by Gasteiger charge is 2.07. The highest BCUT2D eigenvalue weighted by molar-refractivity contribution is 7.99. The van der Waals surface area contributed by atoms with Crippen LogP contribution >= 0.6 is 11.8 Å². The lowest BCUT2D eigenvalue weighted by molar-refractivity contribution is 0.441. The van der Waals surface area contributed by atoms with Gasteiger partial charge in [0, 0.05) is 17.8 Å². The van der Waals surface area contributed by atoms with Crippen LogP contribution in [-0.4, -0.2) is 33.0 Å². The first-order valence-electron chi connectivity index (χ1n) is 4.31. The van der Waals surface area contributed by atoms with Crippen LogP contribution in [0.15, 0.2) is 11.5 Å². The van der Waals surface area contributed by atoms with Crippen molar-refractivity contribution in [2.45, 2.75) is 31.5 Å². The molecule has 74 valence electrons. The lowest BCUT2D eigenvalue weighted by atomic mass is 10.1. The van der Waals surface area contributed by atoms with E-state index in [0.29, 0.717) is 0 Å². The number of rotatable bonds is 4. The zero-order chi connectivity index (χ0) is 9.73. The minimum atomic E-state index is 0.196. The smallest absolute Gasteiger partial charge is 0.183 e. The molecule has 5 heteroatoms. The lowest BCUT2D eigenvalue weighted by Gasteiger charge is -2.19. The first-order valence-corrected chi connectivity index (χ1v) is 5.30. The van der Waals surface area contributed by atoms with Gasteiger partial charge in [0.2, 0.25) is 0 Å². The number of hydrogen-bond acceptors (Lipinski definition) is 4. The van der Waals surface area contributed by atoms with Crippen molar-refractivity contribution in [1.82, 2.24) is 20.5 Å². The van der Waals surface area contributed by atoms with Gasteiger partial charge in [0.15, 0.2) is 5.16 Å². The number of H-pyrrole nitrogens is 1. The van der Waals surface area contributed by atoms with Crippen molar-refractivity contribution in [2.24, 2.45) is 0 Å². The summed E-state index contributed by atoms with van der Waals surface area (Å²) in [4.78, 5) is 4.02. The molecule has 0 aliphatic carbocycles. The Morgan fingerprint density at radius 3 is 2.85 bits per heavy atom. The molecule has 0 radical (unpaired) electrons. The Morgan fingerprint density at radius 1 is 1.54 bits per heavy atom. The van der Waals surface area contributed by atoms with Gasteiger partial charge in [-0.15, -0.1) is 0 Å². The predicted octanol–water partition coefficient (Wildman–Crippen LogP) is 1.28. The third kappa shape index (κ3) is 4.90. The van der Waals surface area contributed by atoms with E-state index in [1.807, 2.05) is 0 Å². The molecule has 1 heterocycles. The molecule has 0 saturated carbocycles. The van der Waals surface area contributed by atoms with Crippen LogP contribution in [0.4, 0.5) is 0 Å². The molecule has 0 aliphatic rings. The van der Waals surface area contributed by atoms with Crippen molar-refractivity contribution in [2.75, 3.05) is 12.3 Å². The van der Waals surface area contributed by atoms with E-state index in [1.165, 1.54) is 6.33 Å². The summed E-state index contributed by atoms with van der Waals surface area (Å²) in [5.74, 6) is 1.01. The second-order valence-electron chi connectivity index (χ2n) is 3.82. The summed E-state index contributed by atoms with van der Waals surface area (Å²) in [7, 11) is 0. The van der Waals surface area contributed by atoms with Crippen LogP contribution < -0.4 is 5.32 Å². The summed E-state index contributed by atoms with van der Waals surface area (Å²) in [5.41, 5.74) is 0.196. The topological polar surface area (TPSA) is 53.6 Å². The summed E-state index contributed by atoms with van der Waals surface area (Å²) in [5, 5.41) is 10.9. The van der Waals surface area contributed by atoms with E-state index in [0.717, 1.165) is 17.5 Å². The van der Waals surface area contributed by atoms with Crippen LogP contribution in [-0.2, 0) is 0 Å². The third-order valence-electron chi connectivity index (χ3n) is 1.39. The SMILES string of the molecule is CC(C)(C)NCCSc1ncn[nH]1. The predicted molar refractivity (Wildman–Crippen MR) is 54.9 cm³/mol. The monoisotopic (exact) mass is 200 g/mol.